The van der Waals surface area contributed by atoms with Gasteiger partial charge in [-0.1, -0.05) is 13.8 Å². The first-order valence-electron chi connectivity index (χ1n) is 4.22. The van der Waals surface area contributed by atoms with Gasteiger partial charge in [0.15, 0.2) is 9.84 Å². The Labute approximate surface area is 73.1 Å². The molecule has 0 aromatic heterocycles. The summed E-state index contributed by atoms with van der Waals surface area (Å²) in [6, 6.07) is 0. The largest absolute Gasteiger partial charge is 0.249 e. The number of rotatable bonds is 4. The Morgan fingerprint density at radius 1 is 1.42 bits per heavy atom. The SMILES string of the molecule is CC(C)CS(=O)(=O)C1(CF)CC1. The molecule has 0 N–H and O–H groups in total. The Balaban J connectivity index is 2.73. The van der Waals surface area contributed by atoms with Crippen molar-refractivity contribution in [2.24, 2.45) is 5.92 Å². The van der Waals surface area contributed by atoms with Crippen molar-refractivity contribution in [2.45, 2.75) is 31.4 Å². The number of hydrogen-bond donors (Lipinski definition) is 0. The average molecular weight is 194 g/mol. The molecule has 12 heavy (non-hydrogen) atoms. The number of hydrogen-bond acceptors (Lipinski definition) is 2. The Kier molecular flexibility index (Phi) is 2.47. The first-order valence-corrected chi connectivity index (χ1v) is 5.87. The second-order valence-electron chi connectivity index (χ2n) is 3.99. The van der Waals surface area contributed by atoms with Crippen molar-refractivity contribution in [3.8, 4) is 0 Å². The van der Waals surface area contributed by atoms with E-state index in [2.05, 4.69) is 0 Å². The summed E-state index contributed by atoms with van der Waals surface area (Å²) in [6.07, 6.45) is 1.02. The Morgan fingerprint density at radius 3 is 2.17 bits per heavy atom. The van der Waals surface area contributed by atoms with Crippen molar-refractivity contribution in [3.05, 3.63) is 0 Å². The van der Waals surface area contributed by atoms with Gasteiger partial charge in [-0.25, -0.2) is 12.8 Å². The second kappa shape index (κ2) is 2.98. The summed E-state index contributed by atoms with van der Waals surface area (Å²) in [5, 5.41) is 0. The number of alkyl halides is 1. The van der Waals surface area contributed by atoms with Gasteiger partial charge in [-0.15, -0.1) is 0 Å². The van der Waals surface area contributed by atoms with Gasteiger partial charge < -0.3 is 0 Å². The molecule has 0 aromatic rings. The van der Waals surface area contributed by atoms with Crippen LogP contribution < -0.4 is 0 Å². The van der Waals surface area contributed by atoms with E-state index in [9.17, 15) is 12.8 Å². The van der Waals surface area contributed by atoms with E-state index >= 15 is 0 Å². The van der Waals surface area contributed by atoms with Crippen molar-refractivity contribution in [1.82, 2.24) is 0 Å². The fourth-order valence-electron chi connectivity index (χ4n) is 1.28. The van der Waals surface area contributed by atoms with Gasteiger partial charge >= 0.3 is 0 Å². The maximum Gasteiger partial charge on any atom is 0.158 e. The monoisotopic (exact) mass is 194 g/mol. The van der Waals surface area contributed by atoms with Crippen LogP contribution in [0.5, 0.6) is 0 Å². The lowest BCUT2D eigenvalue weighted by Crippen LogP contribution is -2.29. The molecule has 1 aliphatic carbocycles. The summed E-state index contributed by atoms with van der Waals surface area (Å²) >= 11 is 0. The van der Waals surface area contributed by atoms with Crippen LogP contribution in [0.25, 0.3) is 0 Å². The van der Waals surface area contributed by atoms with Crippen molar-refractivity contribution in [1.29, 1.82) is 0 Å². The fraction of sp³-hybridized carbons (Fsp3) is 1.00. The molecule has 4 heteroatoms. The lowest BCUT2D eigenvalue weighted by Gasteiger charge is -2.13. The molecule has 0 aliphatic heterocycles. The van der Waals surface area contributed by atoms with Crippen molar-refractivity contribution in [2.75, 3.05) is 12.4 Å². The van der Waals surface area contributed by atoms with Crippen LogP contribution in [0.2, 0.25) is 0 Å². The van der Waals surface area contributed by atoms with Crippen LogP contribution in [0.3, 0.4) is 0 Å². The van der Waals surface area contributed by atoms with Gasteiger partial charge in [0.05, 0.1) is 5.75 Å². The van der Waals surface area contributed by atoms with Crippen LogP contribution in [0.4, 0.5) is 4.39 Å². The topological polar surface area (TPSA) is 34.1 Å². The smallest absolute Gasteiger partial charge is 0.158 e. The lowest BCUT2D eigenvalue weighted by molar-refractivity contribution is 0.454. The van der Waals surface area contributed by atoms with Gasteiger partial charge in [0.25, 0.3) is 0 Å². The zero-order chi connectivity index (χ0) is 9.41. The summed E-state index contributed by atoms with van der Waals surface area (Å²) < 4.78 is 34.5. The summed E-state index contributed by atoms with van der Waals surface area (Å²) in [5.74, 6) is 0.218. The van der Waals surface area contributed by atoms with Crippen LogP contribution in [0.1, 0.15) is 26.7 Å². The highest BCUT2D eigenvalue weighted by Gasteiger charge is 2.54. The molecule has 0 spiro atoms. The molecular weight excluding hydrogens is 179 g/mol. The highest BCUT2D eigenvalue weighted by Crippen LogP contribution is 2.44. The van der Waals surface area contributed by atoms with E-state index in [-0.39, 0.29) is 11.7 Å². The van der Waals surface area contributed by atoms with Crippen LogP contribution in [-0.2, 0) is 9.84 Å². The van der Waals surface area contributed by atoms with Gasteiger partial charge in [-0.05, 0) is 18.8 Å². The van der Waals surface area contributed by atoms with E-state index in [1.54, 1.807) is 0 Å². The maximum atomic E-state index is 12.4. The molecule has 0 bridgehead atoms. The third-order valence-corrected chi connectivity index (χ3v) is 5.21. The van der Waals surface area contributed by atoms with Gasteiger partial charge in [0.1, 0.15) is 11.4 Å². The standard InChI is InChI=1S/C8H15FO2S/c1-7(2)5-12(10,11)8(6-9)3-4-8/h7H,3-6H2,1-2H3. The second-order valence-corrected chi connectivity index (χ2v) is 6.42. The molecule has 0 aromatic carbocycles. The lowest BCUT2D eigenvalue weighted by atomic mass is 10.3. The zero-order valence-corrected chi connectivity index (χ0v) is 8.32. The van der Waals surface area contributed by atoms with E-state index < -0.39 is 21.3 Å². The molecule has 0 amide bonds. The molecular formula is C8H15FO2S. The minimum atomic E-state index is -3.17. The summed E-state index contributed by atoms with van der Waals surface area (Å²) in [6.45, 7) is 2.97. The van der Waals surface area contributed by atoms with E-state index in [1.165, 1.54) is 0 Å². The molecule has 72 valence electrons. The molecule has 0 unspecified atom stereocenters. The third kappa shape index (κ3) is 1.63. The summed E-state index contributed by atoms with van der Waals surface area (Å²) in [4.78, 5) is 0. The van der Waals surface area contributed by atoms with Crippen LogP contribution in [0.15, 0.2) is 0 Å². The Morgan fingerprint density at radius 2 is 1.92 bits per heavy atom. The fourth-order valence-corrected chi connectivity index (χ4v) is 3.40. The molecule has 1 aliphatic rings. The molecule has 1 saturated carbocycles. The molecule has 0 saturated heterocycles. The summed E-state index contributed by atoms with van der Waals surface area (Å²) in [5.41, 5.74) is 0. The quantitative estimate of drug-likeness (QED) is 0.680. The van der Waals surface area contributed by atoms with Gasteiger partial charge in [0, 0.05) is 0 Å². The van der Waals surface area contributed by atoms with E-state index in [0.29, 0.717) is 12.8 Å². The van der Waals surface area contributed by atoms with Crippen molar-refractivity contribution >= 4 is 9.84 Å². The van der Waals surface area contributed by atoms with Crippen molar-refractivity contribution in [3.63, 3.8) is 0 Å². The maximum absolute atomic E-state index is 12.4. The highest BCUT2D eigenvalue weighted by molar-refractivity contribution is 7.93. The van der Waals surface area contributed by atoms with Crippen LogP contribution >= 0.6 is 0 Å². The van der Waals surface area contributed by atoms with Gasteiger partial charge in [-0.3, -0.25) is 0 Å². The summed E-state index contributed by atoms with van der Waals surface area (Å²) in [7, 11) is -3.17. The van der Waals surface area contributed by atoms with Crippen molar-refractivity contribution < 1.29 is 12.8 Å². The molecule has 0 atom stereocenters. The number of halogens is 1. The predicted molar refractivity (Wildman–Crippen MR) is 46.6 cm³/mol. The molecule has 0 radical (unpaired) electrons. The van der Waals surface area contributed by atoms with Gasteiger partial charge in [0.2, 0.25) is 0 Å². The third-order valence-electron chi connectivity index (χ3n) is 2.26. The minimum absolute atomic E-state index is 0.0963. The molecule has 1 fully saturated rings. The predicted octanol–water partition coefficient (Wildman–Crippen LogP) is 1.56. The average Bonchev–Trinajstić information content (AvgIpc) is 2.62. The first-order chi connectivity index (χ1) is 5.43. The molecule has 2 nitrogen and oxygen atoms in total. The van der Waals surface area contributed by atoms with E-state index in [0.717, 1.165) is 0 Å². The van der Waals surface area contributed by atoms with E-state index in [1.807, 2.05) is 13.8 Å². The Hall–Kier alpha value is -0.120. The van der Waals surface area contributed by atoms with E-state index in [4.69, 9.17) is 0 Å². The number of sulfone groups is 1. The first kappa shape index (κ1) is 9.96. The molecule has 0 heterocycles. The minimum Gasteiger partial charge on any atom is -0.249 e. The van der Waals surface area contributed by atoms with Crippen LogP contribution in [0, 0.1) is 5.92 Å². The molecule has 1 rings (SSSR count). The Bertz CT molecular complexity index is 252. The highest BCUT2D eigenvalue weighted by atomic mass is 32.2. The van der Waals surface area contributed by atoms with Gasteiger partial charge in [-0.2, -0.15) is 0 Å². The zero-order valence-electron chi connectivity index (χ0n) is 7.51. The normalized spacial score (nSPS) is 21.3. The van der Waals surface area contributed by atoms with Crippen LogP contribution in [-0.4, -0.2) is 25.6 Å².